The van der Waals surface area contributed by atoms with E-state index in [0.29, 0.717) is 38.5 Å². The molecular weight excluding hydrogens is 282 g/mol. The average molecular weight is 307 g/mol. The quantitative estimate of drug-likeness (QED) is 0.888. The number of aliphatic hydroxyl groups is 1. The van der Waals surface area contributed by atoms with Crippen LogP contribution in [0.2, 0.25) is 0 Å². The number of likely N-dealkylation sites (tertiary alicyclic amines) is 2. The van der Waals surface area contributed by atoms with Gasteiger partial charge in [-0.15, -0.1) is 5.10 Å². The minimum absolute atomic E-state index is 0.134. The van der Waals surface area contributed by atoms with Crippen LogP contribution in [0, 0.1) is 0 Å². The molecular formula is C15H25N5O2. The van der Waals surface area contributed by atoms with Crippen molar-refractivity contribution in [2.24, 2.45) is 0 Å². The first-order valence-electron chi connectivity index (χ1n) is 8.19. The maximum atomic E-state index is 12.6. The van der Waals surface area contributed by atoms with Crippen molar-refractivity contribution in [3.63, 3.8) is 0 Å². The van der Waals surface area contributed by atoms with Crippen molar-refractivity contribution in [3.8, 4) is 0 Å². The maximum absolute atomic E-state index is 12.6. The van der Waals surface area contributed by atoms with E-state index in [-0.39, 0.29) is 6.03 Å². The highest BCUT2D eigenvalue weighted by molar-refractivity contribution is 5.75. The molecule has 0 aliphatic carbocycles. The number of aromatic nitrogens is 3. The average Bonchev–Trinajstić information content (AvgIpc) is 3.00. The Morgan fingerprint density at radius 2 is 2.09 bits per heavy atom. The number of hydrogen-bond donors (Lipinski definition) is 1. The third-order valence-corrected chi connectivity index (χ3v) is 4.94. The lowest BCUT2D eigenvalue weighted by Crippen LogP contribution is -2.54. The Bertz CT molecular complexity index is 496. The van der Waals surface area contributed by atoms with E-state index in [1.165, 1.54) is 6.42 Å². The van der Waals surface area contributed by atoms with E-state index in [9.17, 15) is 9.90 Å². The Hall–Kier alpha value is -1.63. The molecule has 1 unspecified atom stereocenters. The lowest BCUT2D eigenvalue weighted by atomic mass is 9.91. The first-order valence-corrected chi connectivity index (χ1v) is 8.19. The van der Waals surface area contributed by atoms with Gasteiger partial charge in [-0.05, 0) is 39.0 Å². The zero-order chi connectivity index (χ0) is 15.6. The van der Waals surface area contributed by atoms with E-state index in [1.807, 2.05) is 9.80 Å². The van der Waals surface area contributed by atoms with Crippen LogP contribution in [0.4, 0.5) is 4.79 Å². The fourth-order valence-electron chi connectivity index (χ4n) is 3.45. The molecule has 2 amide bonds. The largest absolute Gasteiger partial charge is 0.388 e. The molecule has 7 heteroatoms. The number of nitrogens with zero attached hydrogens (tertiary/aromatic N) is 5. The summed E-state index contributed by atoms with van der Waals surface area (Å²) < 4.78 is 1.66. The van der Waals surface area contributed by atoms with Crippen LogP contribution < -0.4 is 0 Å². The molecule has 0 spiro atoms. The first-order chi connectivity index (χ1) is 10.6. The minimum Gasteiger partial charge on any atom is -0.388 e. The summed E-state index contributed by atoms with van der Waals surface area (Å²) in [6.07, 6.45) is 7.94. The highest BCUT2D eigenvalue weighted by atomic mass is 16.3. The van der Waals surface area contributed by atoms with Crippen LogP contribution in [-0.2, 0) is 6.54 Å². The van der Waals surface area contributed by atoms with Crippen LogP contribution in [0.3, 0.4) is 0 Å². The summed E-state index contributed by atoms with van der Waals surface area (Å²) in [7, 11) is 0. The molecule has 0 aromatic carbocycles. The van der Waals surface area contributed by atoms with E-state index in [1.54, 1.807) is 17.1 Å². The SMILES string of the molecule is CC1CCCCN1C(=O)N1CCC(O)(Cn2ccnn2)CC1. The molecule has 0 radical (unpaired) electrons. The molecule has 122 valence electrons. The number of hydrogen-bond acceptors (Lipinski definition) is 4. The molecule has 2 aliphatic heterocycles. The van der Waals surface area contributed by atoms with Crippen molar-refractivity contribution in [1.82, 2.24) is 24.8 Å². The molecule has 3 rings (SSSR count). The highest BCUT2D eigenvalue weighted by Gasteiger charge is 2.36. The lowest BCUT2D eigenvalue weighted by molar-refractivity contribution is -0.0322. The van der Waals surface area contributed by atoms with Gasteiger partial charge in [0.1, 0.15) is 0 Å². The molecule has 0 saturated carbocycles. The second-order valence-corrected chi connectivity index (χ2v) is 6.63. The van der Waals surface area contributed by atoms with Gasteiger partial charge in [-0.2, -0.15) is 0 Å². The number of rotatable bonds is 2. The Morgan fingerprint density at radius 1 is 1.32 bits per heavy atom. The summed E-state index contributed by atoms with van der Waals surface area (Å²) in [6.45, 7) is 4.64. The number of carbonyl (C=O) groups is 1. The van der Waals surface area contributed by atoms with Crippen LogP contribution >= 0.6 is 0 Å². The summed E-state index contributed by atoms with van der Waals surface area (Å²) in [4.78, 5) is 16.5. The molecule has 3 heterocycles. The van der Waals surface area contributed by atoms with Gasteiger partial charge in [0.25, 0.3) is 0 Å². The number of urea groups is 1. The first kappa shape index (κ1) is 15.3. The fourth-order valence-corrected chi connectivity index (χ4v) is 3.45. The molecule has 7 nitrogen and oxygen atoms in total. The Balaban J connectivity index is 1.55. The highest BCUT2D eigenvalue weighted by Crippen LogP contribution is 2.26. The van der Waals surface area contributed by atoms with Crippen molar-refractivity contribution in [1.29, 1.82) is 0 Å². The second-order valence-electron chi connectivity index (χ2n) is 6.63. The van der Waals surface area contributed by atoms with Crippen molar-refractivity contribution in [2.45, 2.75) is 57.2 Å². The molecule has 22 heavy (non-hydrogen) atoms. The molecule has 1 N–H and O–H groups in total. The Morgan fingerprint density at radius 3 is 2.73 bits per heavy atom. The van der Waals surface area contributed by atoms with Crippen molar-refractivity contribution in [3.05, 3.63) is 12.4 Å². The third kappa shape index (κ3) is 3.24. The smallest absolute Gasteiger partial charge is 0.320 e. The Labute approximate surface area is 130 Å². The van der Waals surface area contributed by atoms with E-state index in [2.05, 4.69) is 17.2 Å². The van der Waals surface area contributed by atoms with Gasteiger partial charge in [0.05, 0.1) is 18.3 Å². The van der Waals surface area contributed by atoms with E-state index in [0.717, 1.165) is 19.4 Å². The second kappa shape index (κ2) is 6.24. The van der Waals surface area contributed by atoms with Crippen molar-refractivity contribution < 1.29 is 9.90 Å². The van der Waals surface area contributed by atoms with Crippen molar-refractivity contribution in [2.75, 3.05) is 19.6 Å². The van der Waals surface area contributed by atoms with Gasteiger partial charge in [0.15, 0.2) is 0 Å². The van der Waals surface area contributed by atoms with Gasteiger partial charge in [-0.3, -0.25) is 0 Å². The topological polar surface area (TPSA) is 74.5 Å². The number of amides is 2. The zero-order valence-corrected chi connectivity index (χ0v) is 13.2. The summed E-state index contributed by atoms with van der Waals surface area (Å²) in [5, 5.41) is 18.3. The third-order valence-electron chi connectivity index (χ3n) is 4.94. The number of piperidine rings is 2. The monoisotopic (exact) mass is 307 g/mol. The molecule has 1 atom stereocenters. The van der Waals surface area contributed by atoms with Crippen LogP contribution in [0.1, 0.15) is 39.0 Å². The van der Waals surface area contributed by atoms with E-state index in [4.69, 9.17) is 0 Å². The summed E-state index contributed by atoms with van der Waals surface area (Å²) >= 11 is 0. The van der Waals surface area contributed by atoms with Crippen LogP contribution in [0.25, 0.3) is 0 Å². The van der Waals surface area contributed by atoms with Gasteiger partial charge >= 0.3 is 6.03 Å². The van der Waals surface area contributed by atoms with E-state index < -0.39 is 5.60 Å². The summed E-state index contributed by atoms with van der Waals surface area (Å²) in [5.74, 6) is 0. The van der Waals surface area contributed by atoms with Gasteiger partial charge in [-0.25, -0.2) is 9.48 Å². The maximum Gasteiger partial charge on any atom is 0.320 e. The van der Waals surface area contributed by atoms with Gasteiger partial charge in [-0.1, -0.05) is 5.21 Å². The normalized spacial score (nSPS) is 25.3. The van der Waals surface area contributed by atoms with Crippen LogP contribution in [-0.4, -0.2) is 67.2 Å². The Kier molecular flexibility index (Phi) is 4.33. The standard InChI is InChI=1S/C15H25N5O2/c1-13-4-2-3-8-20(13)14(21)18-9-5-15(22,6-10-18)12-19-11-7-16-17-19/h7,11,13,22H,2-6,8-10,12H2,1H3. The molecule has 1 aromatic rings. The van der Waals surface area contributed by atoms with Gasteiger partial charge in [0, 0.05) is 31.9 Å². The fraction of sp³-hybridized carbons (Fsp3) is 0.800. The minimum atomic E-state index is -0.794. The molecule has 1 aromatic heterocycles. The zero-order valence-electron chi connectivity index (χ0n) is 13.2. The van der Waals surface area contributed by atoms with Crippen LogP contribution in [0.5, 0.6) is 0 Å². The number of carbonyl (C=O) groups excluding carboxylic acids is 1. The molecule has 2 fully saturated rings. The van der Waals surface area contributed by atoms with Gasteiger partial charge < -0.3 is 14.9 Å². The molecule has 2 saturated heterocycles. The predicted octanol–water partition coefficient (Wildman–Crippen LogP) is 1.10. The molecule has 0 bridgehead atoms. The van der Waals surface area contributed by atoms with Gasteiger partial charge in [0.2, 0.25) is 0 Å². The summed E-state index contributed by atoms with van der Waals surface area (Å²) in [6, 6.07) is 0.465. The van der Waals surface area contributed by atoms with E-state index >= 15 is 0 Å². The molecule has 2 aliphatic rings. The predicted molar refractivity (Wildman–Crippen MR) is 81.2 cm³/mol. The van der Waals surface area contributed by atoms with Crippen LogP contribution in [0.15, 0.2) is 12.4 Å². The lowest BCUT2D eigenvalue weighted by Gasteiger charge is -2.42. The summed E-state index contributed by atoms with van der Waals surface area (Å²) in [5.41, 5.74) is -0.794. The van der Waals surface area contributed by atoms with Crippen molar-refractivity contribution >= 4 is 6.03 Å².